The van der Waals surface area contributed by atoms with Gasteiger partial charge >= 0.3 is 0 Å². The van der Waals surface area contributed by atoms with Crippen molar-refractivity contribution in [1.29, 1.82) is 0 Å². The van der Waals surface area contributed by atoms with Gasteiger partial charge in [0.25, 0.3) is 5.91 Å². The summed E-state index contributed by atoms with van der Waals surface area (Å²) >= 11 is 1.47. The molecule has 0 bridgehead atoms. The van der Waals surface area contributed by atoms with E-state index < -0.39 is 17.7 Å². The van der Waals surface area contributed by atoms with E-state index in [1.807, 2.05) is 47.8 Å². The van der Waals surface area contributed by atoms with E-state index in [0.717, 1.165) is 10.4 Å². The first-order valence-corrected chi connectivity index (χ1v) is 7.80. The number of thiophene rings is 1. The highest BCUT2D eigenvalue weighted by atomic mass is 32.1. The average molecular weight is 313 g/mol. The molecule has 1 aliphatic rings. The Labute approximate surface area is 132 Å². The van der Waals surface area contributed by atoms with Crippen LogP contribution in [0.15, 0.2) is 59.2 Å². The zero-order valence-corrected chi connectivity index (χ0v) is 12.8. The minimum atomic E-state index is -0.509. The molecule has 1 aliphatic heterocycles. The second-order valence-electron chi connectivity index (χ2n) is 5.16. The molecule has 3 rings (SSSR count). The van der Waals surface area contributed by atoms with Crippen molar-refractivity contribution in [1.82, 2.24) is 4.90 Å². The van der Waals surface area contributed by atoms with Crippen molar-refractivity contribution in [3.05, 3.63) is 69.6 Å². The van der Waals surface area contributed by atoms with E-state index in [-0.39, 0.29) is 11.4 Å². The third kappa shape index (κ3) is 2.44. The summed E-state index contributed by atoms with van der Waals surface area (Å²) in [4.78, 5) is 26.7. The van der Waals surface area contributed by atoms with Gasteiger partial charge in [0.05, 0.1) is 11.6 Å². The number of carbonyl (C=O) groups is 2. The van der Waals surface area contributed by atoms with Crippen LogP contribution in [0.2, 0.25) is 0 Å². The van der Waals surface area contributed by atoms with Crippen LogP contribution in [0.3, 0.4) is 0 Å². The van der Waals surface area contributed by atoms with Crippen LogP contribution in [0, 0.1) is 0 Å². The second-order valence-corrected chi connectivity index (χ2v) is 6.13. The number of rotatable bonds is 4. The van der Waals surface area contributed by atoms with Gasteiger partial charge in [0.15, 0.2) is 11.5 Å². The van der Waals surface area contributed by atoms with Gasteiger partial charge in [0.1, 0.15) is 0 Å². The van der Waals surface area contributed by atoms with Crippen molar-refractivity contribution >= 4 is 23.0 Å². The normalized spacial score (nSPS) is 18.1. The van der Waals surface area contributed by atoms with Crippen LogP contribution < -0.4 is 0 Å². The van der Waals surface area contributed by atoms with E-state index in [0.29, 0.717) is 6.54 Å². The minimum absolute atomic E-state index is 0.184. The quantitative estimate of drug-likeness (QED) is 0.943. The molecule has 0 fully saturated rings. The van der Waals surface area contributed by atoms with Crippen molar-refractivity contribution in [2.75, 3.05) is 0 Å². The molecule has 112 valence electrons. The summed E-state index contributed by atoms with van der Waals surface area (Å²) in [6, 6.07) is 12.8. The summed E-state index contributed by atoms with van der Waals surface area (Å²) in [6.07, 6.45) is 0. The molecule has 0 spiro atoms. The molecule has 0 radical (unpaired) electrons. The summed E-state index contributed by atoms with van der Waals surface area (Å²) in [6.45, 7) is 1.73. The number of carbonyl (C=O) groups excluding carboxylic acids is 2. The van der Waals surface area contributed by atoms with Gasteiger partial charge in [-0.1, -0.05) is 36.4 Å². The molecule has 5 heteroatoms. The summed E-state index contributed by atoms with van der Waals surface area (Å²) in [5.41, 5.74) is 1.14. The van der Waals surface area contributed by atoms with Gasteiger partial charge in [0, 0.05) is 11.4 Å². The highest BCUT2D eigenvalue weighted by molar-refractivity contribution is 7.10. The lowest BCUT2D eigenvalue weighted by Gasteiger charge is -2.25. The zero-order chi connectivity index (χ0) is 15.7. The Bertz CT molecular complexity index is 735. The van der Waals surface area contributed by atoms with Gasteiger partial charge in [-0.25, -0.2) is 0 Å². The number of aliphatic hydroxyl groups excluding tert-OH is 1. The molecule has 22 heavy (non-hydrogen) atoms. The number of hydrogen-bond acceptors (Lipinski definition) is 4. The Morgan fingerprint density at radius 1 is 1.23 bits per heavy atom. The number of Topliss-reactive ketones (excluding diaryl/α,β-unsaturated/α-hetero) is 1. The van der Waals surface area contributed by atoms with Crippen LogP contribution >= 0.6 is 11.3 Å². The minimum Gasteiger partial charge on any atom is -0.503 e. The van der Waals surface area contributed by atoms with Crippen molar-refractivity contribution < 1.29 is 14.7 Å². The van der Waals surface area contributed by atoms with Crippen LogP contribution in [-0.2, 0) is 16.1 Å². The average Bonchev–Trinajstić information content (AvgIpc) is 3.10. The van der Waals surface area contributed by atoms with Crippen LogP contribution in [0.4, 0.5) is 0 Å². The summed E-state index contributed by atoms with van der Waals surface area (Å²) in [7, 11) is 0. The first-order chi connectivity index (χ1) is 10.6. The molecule has 1 N–H and O–H groups in total. The molecule has 1 aromatic carbocycles. The molecule has 0 saturated heterocycles. The highest BCUT2D eigenvalue weighted by Gasteiger charge is 2.42. The van der Waals surface area contributed by atoms with E-state index in [9.17, 15) is 14.7 Å². The van der Waals surface area contributed by atoms with E-state index >= 15 is 0 Å². The Balaban J connectivity index is 2.02. The largest absolute Gasteiger partial charge is 0.503 e. The maximum Gasteiger partial charge on any atom is 0.290 e. The fourth-order valence-electron chi connectivity index (χ4n) is 2.70. The van der Waals surface area contributed by atoms with Gasteiger partial charge in [-0.2, -0.15) is 0 Å². The maximum absolute atomic E-state index is 12.4. The standard InChI is InChI=1S/C17H15NO3S/c1-11(19)14-15(13-8-5-9-22-13)18(17(21)16(14)20)10-12-6-3-2-4-7-12/h2-9,15,20H,10H2,1H3/t15-/m0/s1. The number of hydrogen-bond donors (Lipinski definition) is 1. The molecule has 4 nitrogen and oxygen atoms in total. The number of aliphatic hydroxyl groups is 1. The topological polar surface area (TPSA) is 57.6 Å². The second kappa shape index (κ2) is 5.77. The number of nitrogens with zero attached hydrogens (tertiary/aromatic N) is 1. The van der Waals surface area contributed by atoms with Gasteiger partial charge in [-0.3, -0.25) is 9.59 Å². The van der Waals surface area contributed by atoms with Crippen LogP contribution in [0.5, 0.6) is 0 Å². The van der Waals surface area contributed by atoms with Crippen molar-refractivity contribution in [3.8, 4) is 0 Å². The zero-order valence-electron chi connectivity index (χ0n) is 12.0. The molecule has 0 saturated carbocycles. The first-order valence-electron chi connectivity index (χ1n) is 6.92. The van der Waals surface area contributed by atoms with Gasteiger partial charge in [0.2, 0.25) is 0 Å². The SMILES string of the molecule is CC(=O)C1=C(O)C(=O)N(Cc2ccccc2)[C@H]1c1cccs1. The first kappa shape index (κ1) is 14.5. The maximum atomic E-state index is 12.4. The number of benzene rings is 1. The molecule has 0 unspecified atom stereocenters. The van der Waals surface area contributed by atoms with Crippen molar-refractivity contribution in [3.63, 3.8) is 0 Å². The third-order valence-electron chi connectivity index (χ3n) is 3.69. The molecule has 0 aliphatic carbocycles. The smallest absolute Gasteiger partial charge is 0.290 e. The Morgan fingerprint density at radius 2 is 1.95 bits per heavy atom. The lowest BCUT2D eigenvalue weighted by molar-refractivity contribution is -0.130. The Morgan fingerprint density at radius 3 is 2.55 bits per heavy atom. The van der Waals surface area contributed by atoms with Crippen LogP contribution in [-0.4, -0.2) is 21.7 Å². The van der Waals surface area contributed by atoms with Crippen molar-refractivity contribution in [2.24, 2.45) is 0 Å². The molecule has 1 atom stereocenters. The van der Waals surface area contributed by atoms with E-state index in [4.69, 9.17) is 0 Å². The molecule has 1 aromatic heterocycles. The fraction of sp³-hybridized carbons (Fsp3) is 0.176. The molecule has 2 heterocycles. The Hall–Kier alpha value is -2.40. The summed E-state index contributed by atoms with van der Waals surface area (Å²) < 4.78 is 0. The predicted molar refractivity (Wildman–Crippen MR) is 84.4 cm³/mol. The lowest BCUT2D eigenvalue weighted by Crippen LogP contribution is -2.30. The fourth-order valence-corrected chi connectivity index (χ4v) is 3.54. The number of amides is 1. The molecule has 2 aromatic rings. The molecule has 1 amide bonds. The van der Waals surface area contributed by atoms with E-state index in [1.54, 1.807) is 4.90 Å². The lowest BCUT2D eigenvalue weighted by atomic mass is 10.0. The summed E-state index contributed by atoms with van der Waals surface area (Å²) in [5.74, 6) is -1.20. The highest BCUT2D eigenvalue weighted by Crippen LogP contribution is 2.40. The van der Waals surface area contributed by atoms with E-state index in [2.05, 4.69) is 0 Å². The predicted octanol–water partition coefficient (Wildman–Crippen LogP) is 3.23. The Kier molecular flexibility index (Phi) is 3.81. The van der Waals surface area contributed by atoms with Gasteiger partial charge in [-0.15, -0.1) is 11.3 Å². The van der Waals surface area contributed by atoms with Crippen molar-refractivity contribution in [2.45, 2.75) is 19.5 Å². The van der Waals surface area contributed by atoms with Gasteiger partial charge in [-0.05, 0) is 23.9 Å². The monoisotopic (exact) mass is 313 g/mol. The molecular weight excluding hydrogens is 298 g/mol. The van der Waals surface area contributed by atoms with Gasteiger partial charge < -0.3 is 10.0 Å². The van der Waals surface area contributed by atoms with Crippen LogP contribution in [0.25, 0.3) is 0 Å². The molecular formula is C17H15NO3S. The summed E-state index contributed by atoms with van der Waals surface area (Å²) in [5, 5.41) is 12.0. The third-order valence-corrected chi connectivity index (χ3v) is 4.62. The number of ketones is 1. The van der Waals surface area contributed by atoms with Crippen LogP contribution in [0.1, 0.15) is 23.4 Å². The van der Waals surface area contributed by atoms with E-state index in [1.165, 1.54) is 18.3 Å².